The lowest BCUT2D eigenvalue weighted by Gasteiger charge is -1.95. The van der Waals surface area contributed by atoms with Crippen LogP contribution >= 0.6 is 0 Å². The molecule has 0 aromatic heterocycles. The van der Waals surface area contributed by atoms with Gasteiger partial charge in [0.05, 0.1) is 0 Å². The minimum absolute atomic E-state index is 0.354. The maximum absolute atomic E-state index is 10.5. The van der Waals surface area contributed by atoms with Crippen LogP contribution in [0.1, 0.15) is 0 Å². The molecule has 0 radical (unpaired) electrons. The van der Waals surface area contributed by atoms with Gasteiger partial charge in [0, 0.05) is 0 Å². The zero-order valence-corrected chi connectivity index (χ0v) is 2.63. The average molecular weight is 93.0 g/mol. The Morgan fingerprint density at radius 1 is 1.33 bits per heavy atom. The lowest BCUT2D eigenvalue weighted by molar-refractivity contribution is -0.0698. The molecule has 0 saturated carbocycles. The smallest absolute Gasteiger partial charge is 0.418 e. The van der Waals surface area contributed by atoms with Crippen molar-refractivity contribution < 1.29 is 13.2 Å². The third-order valence-corrected chi connectivity index (χ3v) is 0.142. The minimum Gasteiger partial charge on any atom is -0.685 e. The van der Waals surface area contributed by atoms with Gasteiger partial charge in [-0.15, -0.1) is 0 Å². The summed E-state index contributed by atoms with van der Waals surface area (Å²) in [5.41, 5.74) is 0. The summed E-state index contributed by atoms with van der Waals surface area (Å²) in [6, 6.07) is 0. The van der Waals surface area contributed by atoms with Gasteiger partial charge in [-0.2, -0.15) is 13.2 Å². The lowest BCUT2D eigenvalue weighted by atomic mass is 10.7. The van der Waals surface area contributed by atoms with E-state index < -0.39 is 6.18 Å². The van der Waals surface area contributed by atoms with Gasteiger partial charge in [-0.05, 0) is 0 Å². The molecule has 0 atom stereocenters. The van der Waals surface area contributed by atoms with Crippen molar-refractivity contribution >= 4 is 0 Å². The van der Waals surface area contributed by atoms with E-state index in [9.17, 15) is 13.2 Å². The van der Waals surface area contributed by atoms with E-state index in [0.717, 1.165) is 0 Å². The number of hydrogen-bond acceptors (Lipinski definition) is 0. The Hall–Kier alpha value is -0.650. The molecular weight excluding hydrogens is 93.0 g/mol. The second-order valence-electron chi connectivity index (χ2n) is 0.623. The van der Waals surface area contributed by atoms with Crippen molar-refractivity contribution in [1.82, 2.24) is 0 Å². The SMILES string of the molecule is [C-]#CC(F)(F)F. The number of halogens is 3. The van der Waals surface area contributed by atoms with Crippen molar-refractivity contribution in [2.75, 3.05) is 0 Å². The molecule has 0 aliphatic rings. The first-order valence-electron chi connectivity index (χ1n) is 1.07. The Balaban J connectivity index is 3.55. The maximum atomic E-state index is 10.5. The summed E-state index contributed by atoms with van der Waals surface area (Å²) in [5, 5.41) is 0. The summed E-state index contributed by atoms with van der Waals surface area (Å²) in [7, 11) is 0. The van der Waals surface area contributed by atoms with Gasteiger partial charge in [0.2, 0.25) is 0 Å². The highest BCUT2D eigenvalue weighted by molar-refractivity contribution is 4.85. The van der Waals surface area contributed by atoms with Crippen LogP contribution in [0.2, 0.25) is 0 Å². The van der Waals surface area contributed by atoms with Crippen LogP contribution in [-0.4, -0.2) is 6.18 Å². The summed E-state index contributed by atoms with van der Waals surface area (Å²) in [5.74, 6) is 0.354. The molecule has 6 heavy (non-hydrogen) atoms. The van der Waals surface area contributed by atoms with Gasteiger partial charge >= 0.3 is 6.18 Å². The van der Waals surface area contributed by atoms with Gasteiger partial charge in [0.1, 0.15) is 0 Å². The molecule has 0 amide bonds. The van der Waals surface area contributed by atoms with E-state index >= 15 is 0 Å². The van der Waals surface area contributed by atoms with E-state index in [0.29, 0.717) is 5.92 Å². The molecule has 0 aromatic carbocycles. The fourth-order valence-electron chi connectivity index (χ4n) is 0. The molecule has 34 valence electrons. The first kappa shape index (κ1) is 5.35. The first-order valence-corrected chi connectivity index (χ1v) is 1.07. The van der Waals surface area contributed by atoms with E-state index in [1.54, 1.807) is 0 Å². The second-order valence-corrected chi connectivity index (χ2v) is 0.623. The lowest BCUT2D eigenvalue weighted by Crippen LogP contribution is -1.99. The topological polar surface area (TPSA) is 0 Å². The Bertz CT molecular complexity index is 73.0. The van der Waals surface area contributed by atoms with Crippen molar-refractivity contribution in [3.05, 3.63) is 6.42 Å². The molecule has 0 spiro atoms. The minimum atomic E-state index is -4.54. The molecule has 0 aliphatic carbocycles. The molecule has 0 rings (SSSR count). The molecule has 3 heteroatoms. The van der Waals surface area contributed by atoms with E-state index in [1.807, 2.05) is 0 Å². The van der Waals surface area contributed by atoms with Gasteiger partial charge in [-0.25, -0.2) is 5.92 Å². The summed E-state index contributed by atoms with van der Waals surface area (Å²) in [6.07, 6.45) is 0.938. The molecule has 0 bridgehead atoms. The van der Waals surface area contributed by atoms with Crippen LogP contribution < -0.4 is 0 Å². The fraction of sp³-hybridized carbons (Fsp3) is 0.333. The van der Waals surface area contributed by atoms with E-state index in [1.165, 1.54) is 0 Å². The van der Waals surface area contributed by atoms with Crippen molar-refractivity contribution in [1.29, 1.82) is 0 Å². The molecule has 0 heterocycles. The first-order chi connectivity index (χ1) is 2.56. The van der Waals surface area contributed by atoms with Crippen molar-refractivity contribution in [3.63, 3.8) is 0 Å². The van der Waals surface area contributed by atoms with Crippen molar-refractivity contribution in [2.24, 2.45) is 0 Å². The third kappa shape index (κ3) is 3.35. The summed E-state index contributed by atoms with van der Waals surface area (Å²) < 4.78 is 31.5. The molecule has 0 fully saturated rings. The summed E-state index contributed by atoms with van der Waals surface area (Å²) in [6.45, 7) is 0. The van der Waals surface area contributed by atoms with Crippen molar-refractivity contribution in [3.8, 4) is 5.92 Å². The number of rotatable bonds is 0. The Morgan fingerprint density at radius 2 is 1.50 bits per heavy atom. The molecule has 0 aromatic rings. The van der Waals surface area contributed by atoms with E-state index in [2.05, 4.69) is 0 Å². The largest absolute Gasteiger partial charge is 0.685 e. The summed E-state index contributed by atoms with van der Waals surface area (Å²) >= 11 is 0. The molecule has 0 nitrogen and oxygen atoms in total. The van der Waals surface area contributed by atoms with E-state index in [4.69, 9.17) is 6.42 Å². The Labute approximate surface area is 33.0 Å². The van der Waals surface area contributed by atoms with Crippen LogP contribution in [0.5, 0.6) is 0 Å². The Morgan fingerprint density at radius 3 is 1.50 bits per heavy atom. The predicted octanol–water partition coefficient (Wildman–Crippen LogP) is 1.14. The zero-order chi connectivity index (χ0) is 5.21. The quantitative estimate of drug-likeness (QED) is 0.311. The molecule has 0 unspecified atom stereocenters. The highest BCUT2D eigenvalue weighted by atomic mass is 19.4. The van der Waals surface area contributed by atoms with Crippen LogP contribution in [0.25, 0.3) is 0 Å². The highest BCUT2D eigenvalue weighted by Gasteiger charge is 2.15. The van der Waals surface area contributed by atoms with Gasteiger partial charge in [0.25, 0.3) is 0 Å². The fourth-order valence-corrected chi connectivity index (χ4v) is 0. The highest BCUT2D eigenvalue weighted by Crippen LogP contribution is 2.10. The molecule has 0 saturated heterocycles. The van der Waals surface area contributed by atoms with Crippen molar-refractivity contribution in [2.45, 2.75) is 6.18 Å². The van der Waals surface area contributed by atoms with Crippen LogP contribution in [0, 0.1) is 12.3 Å². The van der Waals surface area contributed by atoms with Crippen LogP contribution in [-0.2, 0) is 0 Å². The normalized spacial score (nSPS) is 10.3. The van der Waals surface area contributed by atoms with Gasteiger partial charge < -0.3 is 6.42 Å². The Kier molecular flexibility index (Phi) is 1.08. The zero-order valence-electron chi connectivity index (χ0n) is 2.63. The standard InChI is InChI=1S/C3F3/c1-2-3(4,5)6/q-1. The van der Waals surface area contributed by atoms with Gasteiger partial charge in [-0.3, -0.25) is 0 Å². The van der Waals surface area contributed by atoms with Gasteiger partial charge in [-0.1, -0.05) is 0 Å². The third-order valence-electron chi connectivity index (χ3n) is 0.142. The van der Waals surface area contributed by atoms with Crippen LogP contribution in [0.3, 0.4) is 0 Å². The molecule has 0 N–H and O–H groups in total. The average Bonchev–Trinajstić information content (AvgIpc) is 1.35. The second kappa shape index (κ2) is 1.21. The van der Waals surface area contributed by atoms with Crippen LogP contribution in [0.15, 0.2) is 0 Å². The molecular formula is C3F3-. The monoisotopic (exact) mass is 93.0 g/mol. The van der Waals surface area contributed by atoms with E-state index in [-0.39, 0.29) is 0 Å². The summed E-state index contributed by atoms with van der Waals surface area (Å²) in [4.78, 5) is 0. The maximum Gasteiger partial charge on any atom is 0.418 e. The van der Waals surface area contributed by atoms with Crippen LogP contribution in [0.4, 0.5) is 13.2 Å². The number of alkyl halides is 3. The predicted molar refractivity (Wildman–Crippen MR) is 13.2 cm³/mol. The molecule has 0 aliphatic heterocycles. The number of hydrogen-bond donors (Lipinski definition) is 0. The van der Waals surface area contributed by atoms with Gasteiger partial charge in [0.15, 0.2) is 0 Å².